The molecule has 3 N–H and O–H groups in total. The number of sulfonamides is 1. The number of benzene rings is 1. The van der Waals surface area contributed by atoms with Gasteiger partial charge in [0.05, 0.1) is 6.26 Å². The minimum Gasteiger partial charge on any atom is -0.357 e. The molecule has 0 fully saturated rings. The highest BCUT2D eigenvalue weighted by Crippen LogP contribution is 2.15. The first-order valence-electron chi connectivity index (χ1n) is 7.66. The molecule has 1 aromatic carbocycles. The molecule has 0 heterocycles. The van der Waals surface area contributed by atoms with Gasteiger partial charge in [0.1, 0.15) is 0 Å². The lowest BCUT2D eigenvalue weighted by atomic mass is 10.4. The third-order valence-electron chi connectivity index (χ3n) is 2.72. The van der Waals surface area contributed by atoms with Crippen molar-refractivity contribution in [3.8, 4) is 0 Å². The summed E-state index contributed by atoms with van der Waals surface area (Å²) in [5.41, 5.74) is 0. The quantitative estimate of drug-likeness (QED) is 0.155. The molecule has 0 atom stereocenters. The van der Waals surface area contributed by atoms with Crippen LogP contribution >= 0.6 is 35.7 Å². The molecular weight excluding hydrogens is 459 g/mol. The van der Waals surface area contributed by atoms with E-state index in [2.05, 4.69) is 32.5 Å². The molecule has 1 rings (SSSR count). The van der Waals surface area contributed by atoms with Crippen molar-refractivity contribution >= 4 is 51.7 Å². The highest BCUT2D eigenvalue weighted by Gasteiger charge is 2.00. The predicted molar refractivity (Wildman–Crippen MR) is 114 cm³/mol. The molecule has 0 unspecified atom stereocenters. The number of rotatable bonds is 10. The Balaban J connectivity index is 0.00000529. The van der Waals surface area contributed by atoms with Crippen molar-refractivity contribution in [2.75, 3.05) is 38.2 Å². The summed E-state index contributed by atoms with van der Waals surface area (Å²) in [6, 6.07) is 10.3. The van der Waals surface area contributed by atoms with Gasteiger partial charge in [-0.2, -0.15) is 0 Å². The fraction of sp³-hybridized carbons (Fsp3) is 0.533. The van der Waals surface area contributed by atoms with Crippen LogP contribution in [0.4, 0.5) is 0 Å². The first-order valence-corrected chi connectivity index (χ1v) is 10.5. The summed E-state index contributed by atoms with van der Waals surface area (Å²) < 4.78 is 24.4. The second-order valence-electron chi connectivity index (χ2n) is 4.87. The lowest BCUT2D eigenvalue weighted by Gasteiger charge is -2.11. The third-order valence-corrected chi connectivity index (χ3v) is 4.46. The minimum absolute atomic E-state index is 0. The number of aliphatic imine (C=N–C) groups is 1. The van der Waals surface area contributed by atoms with Gasteiger partial charge < -0.3 is 10.6 Å². The van der Waals surface area contributed by atoms with Crippen LogP contribution in [0.5, 0.6) is 0 Å². The van der Waals surface area contributed by atoms with Crippen LogP contribution in [0.2, 0.25) is 0 Å². The van der Waals surface area contributed by atoms with E-state index in [0.29, 0.717) is 19.5 Å². The largest absolute Gasteiger partial charge is 0.357 e. The number of hydrogen-bond acceptors (Lipinski definition) is 4. The summed E-state index contributed by atoms with van der Waals surface area (Å²) in [6.07, 6.45) is 1.83. The molecule has 0 bridgehead atoms. The van der Waals surface area contributed by atoms with Crippen molar-refractivity contribution in [3.63, 3.8) is 0 Å². The van der Waals surface area contributed by atoms with Crippen LogP contribution in [-0.4, -0.2) is 52.6 Å². The molecule has 0 aromatic heterocycles. The molecule has 138 valence electrons. The highest BCUT2D eigenvalue weighted by molar-refractivity contribution is 14.0. The fourth-order valence-electron chi connectivity index (χ4n) is 1.72. The Morgan fingerprint density at radius 3 is 2.50 bits per heavy atom. The normalized spacial score (nSPS) is 11.7. The zero-order valence-corrected chi connectivity index (χ0v) is 18.1. The topological polar surface area (TPSA) is 82.6 Å². The van der Waals surface area contributed by atoms with E-state index in [1.165, 1.54) is 4.90 Å². The predicted octanol–water partition coefficient (Wildman–Crippen LogP) is 1.89. The van der Waals surface area contributed by atoms with Crippen molar-refractivity contribution in [1.29, 1.82) is 0 Å². The molecule has 0 aliphatic rings. The molecule has 0 spiro atoms. The number of nitrogens with zero attached hydrogens (tertiary/aromatic N) is 1. The summed E-state index contributed by atoms with van der Waals surface area (Å²) in [4.78, 5) is 5.68. The molecule has 0 aliphatic carbocycles. The summed E-state index contributed by atoms with van der Waals surface area (Å²) in [5, 5.41) is 6.46. The maximum atomic E-state index is 10.9. The van der Waals surface area contributed by atoms with E-state index in [-0.39, 0.29) is 24.0 Å². The van der Waals surface area contributed by atoms with Crippen LogP contribution in [0.25, 0.3) is 0 Å². The summed E-state index contributed by atoms with van der Waals surface area (Å²) >= 11 is 1.79. The maximum absolute atomic E-state index is 10.9. The van der Waals surface area contributed by atoms with Crippen LogP contribution < -0.4 is 15.4 Å². The Morgan fingerprint density at radius 2 is 1.88 bits per heavy atom. The van der Waals surface area contributed by atoms with Gasteiger partial charge >= 0.3 is 0 Å². The van der Waals surface area contributed by atoms with Crippen LogP contribution in [0.3, 0.4) is 0 Å². The van der Waals surface area contributed by atoms with E-state index in [4.69, 9.17) is 0 Å². The van der Waals surface area contributed by atoms with Crippen molar-refractivity contribution in [1.82, 2.24) is 15.4 Å². The molecule has 0 saturated heterocycles. The summed E-state index contributed by atoms with van der Waals surface area (Å²) in [5.74, 6) is 1.71. The van der Waals surface area contributed by atoms with Gasteiger partial charge in [-0.1, -0.05) is 18.2 Å². The first kappa shape index (κ1) is 23.5. The molecule has 0 radical (unpaired) electrons. The zero-order chi connectivity index (χ0) is 17.0. The van der Waals surface area contributed by atoms with Gasteiger partial charge in [-0.3, -0.25) is 4.99 Å². The van der Waals surface area contributed by atoms with Crippen molar-refractivity contribution in [2.45, 2.75) is 18.2 Å². The molecule has 9 heteroatoms. The second kappa shape index (κ2) is 13.7. The van der Waals surface area contributed by atoms with Gasteiger partial charge in [-0.15, -0.1) is 35.7 Å². The van der Waals surface area contributed by atoms with Crippen molar-refractivity contribution in [2.24, 2.45) is 4.99 Å². The first-order chi connectivity index (χ1) is 11.0. The Kier molecular flexibility index (Phi) is 13.4. The number of guanidine groups is 1. The van der Waals surface area contributed by atoms with Crippen LogP contribution in [0.1, 0.15) is 13.3 Å². The SMILES string of the molecule is CCNC(=NCCCNS(C)(=O)=O)NCCSc1ccccc1.I. The van der Waals surface area contributed by atoms with Crippen molar-refractivity contribution < 1.29 is 8.42 Å². The smallest absolute Gasteiger partial charge is 0.208 e. The van der Waals surface area contributed by atoms with E-state index in [1.54, 1.807) is 11.8 Å². The van der Waals surface area contributed by atoms with Crippen molar-refractivity contribution in [3.05, 3.63) is 30.3 Å². The molecule has 1 aromatic rings. The highest BCUT2D eigenvalue weighted by atomic mass is 127. The average molecular weight is 486 g/mol. The lowest BCUT2D eigenvalue weighted by molar-refractivity contribution is 0.585. The van der Waals surface area contributed by atoms with Gasteiger partial charge in [-0.25, -0.2) is 13.1 Å². The van der Waals surface area contributed by atoms with Gasteiger partial charge in [0.15, 0.2) is 5.96 Å². The zero-order valence-electron chi connectivity index (χ0n) is 14.1. The Morgan fingerprint density at radius 1 is 1.17 bits per heavy atom. The van der Waals surface area contributed by atoms with E-state index in [9.17, 15) is 8.42 Å². The van der Waals surface area contributed by atoms with Gasteiger partial charge in [-0.05, 0) is 25.5 Å². The van der Waals surface area contributed by atoms with Gasteiger partial charge in [0.25, 0.3) is 0 Å². The van der Waals surface area contributed by atoms with Crippen LogP contribution in [0.15, 0.2) is 40.2 Å². The number of halogens is 1. The Hall–Kier alpha value is -0.520. The standard InChI is InChI=1S/C15H26N4O2S2.HI/c1-3-16-15(17-10-7-11-19-23(2,20)21)18-12-13-22-14-8-5-4-6-9-14;/h4-6,8-9,19H,3,7,10-13H2,1-2H3,(H2,16,17,18);1H. The fourth-order valence-corrected chi connectivity index (χ4v) is 3.03. The summed E-state index contributed by atoms with van der Waals surface area (Å²) in [7, 11) is -3.11. The molecular formula is C15H27IN4O2S2. The van der Waals surface area contributed by atoms with Gasteiger partial charge in [0.2, 0.25) is 10.0 Å². The molecule has 0 amide bonds. The lowest BCUT2D eigenvalue weighted by Crippen LogP contribution is -2.38. The van der Waals surface area contributed by atoms with Crippen LogP contribution in [-0.2, 0) is 10.0 Å². The van der Waals surface area contributed by atoms with Crippen LogP contribution in [0, 0.1) is 0 Å². The number of nitrogens with one attached hydrogen (secondary N) is 3. The molecule has 6 nitrogen and oxygen atoms in total. The Labute approximate surface area is 166 Å². The maximum Gasteiger partial charge on any atom is 0.208 e. The van der Waals surface area contributed by atoms with E-state index in [0.717, 1.165) is 31.1 Å². The number of hydrogen-bond donors (Lipinski definition) is 3. The minimum atomic E-state index is -3.11. The third kappa shape index (κ3) is 12.8. The van der Waals surface area contributed by atoms with Gasteiger partial charge in [0, 0.05) is 36.8 Å². The second-order valence-corrected chi connectivity index (χ2v) is 7.87. The molecule has 0 saturated carbocycles. The van der Waals surface area contributed by atoms with E-state index in [1.807, 2.05) is 25.1 Å². The molecule has 0 aliphatic heterocycles. The van der Waals surface area contributed by atoms with E-state index < -0.39 is 10.0 Å². The number of thioether (sulfide) groups is 1. The van der Waals surface area contributed by atoms with E-state index >= 15 is 0 Å². The Bertz CT molecular complexity index is 568. The summed E-state index contributed by atoms with van der Waals surface area (Å²) in [6.45, 7) is 4.60. The average Bonchev–Trinajstić information content (AvgIpc) is 2.51. The monoisotopic (exact) mass is 486 g/mol. The molecule has 24 heavy (non-hydrogen) atoms.